The highest BCUT2D eigenvalue weighted by atomic mass is 16.1. The fourth-order valence-corrected chi connectivity index (χ4v) is 1.84. The van der Waals surface area contributed by atoms with Crippen LogP contribution in [0.4, 0.5) is 11.4 Å². The molecule has 1 aliphatic rings. The summed E-state index contributed by atoms with van der Waals surface area (Å²) in [4.78, 5) is 17.1. The van der Waals surface area contributed by atoms with Gasteiger partial charge in [0.05, 0.1) is 23.5 Å². The Morgan fingerprint density at radius 3 is 2.93 bits per heavy atom. The van der Waals surface area contributed by atoms with E-state index < -0.39 is 0 Å². The second kappa shape index (κ2) is 3.76. The summed E-state index contributed by atoms with van der Waals surface area (Å²) in [5, 5.41) is 0. The standard InChI is InChI=1S/C10H14N4O/c11-8-3-9(5-13-4-8)14-2-1-7(6-14)10(12)15/h3-5,7H,1-2,6,11H2,(H2,12,15). The molecule has 0 bridgehead atoms. The van der Waals surface area contributed by atoms with E-state index >= 15 is 0 Å². The van der Waals surface area contributed by atoms with E-state index in [1.165, 1.54) is 0 Å². The number of pyridine rings is 1. The van der Waals surface area contributed by atoms with Crippen molar-refractivity contribution in [1.29, 1.82) is 0 Å². The van der Waals surface area contributed by atoms with Gasteiger partial charge in [0.1, 0.15) is 0 Å². The Morgan fingerprint density at radius 1 is 1.53 bits per heavy atom. The normalized spacial score (nSPS) is 20.5. The van der Waals surface area contributed by atoms with Gasteiger partial charge in [-0.25, -0.2) is 0 Å². The minimum atomic E-state index is -0.227. The van der Waals surface area contributed by atoms with E-state index in [0.717, 1.165) is 18.7 Å². The van der Waals surface area contributed by atoms with Gasteiger partial charge in [-0.3, -0.25) is 9.78 Å². The van der Waals surface area contributed by atoms with Crippen molar-refractivity contribution >= 4 is 17.3 Å². The van der Waals surface area contributed by atoms with Gasteiger partial charge < -0.3 is 16.4 Å². The number of hydrogen-bond acceptors (Lipinski definition) is 4. The number of anilines is 2. The maximum absolute atomic E-state index is 11.0. The average Bonchev–Trinajstić information content (AvgIpc) is 2.66. The molecular formula is C10H14N4O. The monoisotopic (exact) mass is 206 g/mol. The van der Waals surface area contributed by atoms with Crippen molar-refractivity contribution in [3.8, 4) is 0 Å². The highest BCUT2D eigenvalue weighted by molar-refractivity contribution is 5.78. The van der Waals surface area contributed by atoms with Gasteiger partial charge in [0, 0.05) is 19.3 Å². The fraction of sp³-hybridized carbons (Fsp3) is 0.400. The first kappa shape index (κ1) is 9.76. The zero-order chi connectivity index (χ0) is 10.8. The molecule has 1 fully saturated rings. The summed E-state index contributed by atoms with van der Waals surface area (Å²) in [5.41, 5.74) is 12.5. The van der Waals surface area contributed by atoms with Gasteiger partial charge in [0.2, 0.25) is 5.91 Å². The van der Waals surface area contributed by atoms with Gasteiger partial charge in [-0.1, -0.05) is 0 Å². The van der Waals surface area contributed by atoms with E-state index in [-0.39, 0.29) is 11.8 Å². The number of nitrogens with two attached hydrogens (primary N) is 2. The van der Waals surface area contributed by atoms with Gasteiger partial charge in [-0.2, -0.15) is 0 Å². The van der Waals surface area contributed by atoms with E-state index in [1.807, 2.05) is 6.07 Å². The van der Waals surface area contributed by atoms with Crippen LogP contribution in [0.15, 0.2) is 18.5 Å². The zero-order valence-electron chi connectivity index (χ0n) is 8.39. The molecule has 0 aromatic carbocycles. The molecule has 0 aliphatic carbocycles. The zero-order valence-corrected chi connectivity index (χ0v) is 8.39. The quantitative estimate of drug-likeness (QED) is 0.711. The average molecular weight is 206 g/mol. The Labute approximate surface area is 88.1 Å². The third kappa shape index (κ3) is 2.01. The van der Waals surface area contributed by atoms with Crippen molar-refractivity contribution in [3.63, 3.8) is 0 Å². The second-order valence-electron chi connectivity index (χ2n) is 3.81. The maximum Gasteiger partial charge on any atom is 0.222 e. The molecule has 2 rings (SSSR count). The van der Waals surface area contributed by atoms with Crippen molar-refractivity contribution in [2.45, 2.75) is 6.42 Å². The van der Waals surface area contributed by atoms with Crippen LogP contribution in [-0.4, -0.2) is 24.0 Å². The molecule has 2 heterocycles. The molecule has 0 radical (unpaired) electrons. The molecule has 1 aromatic rings. The SMILES string of the molecule is NC(=O)C1CCN(c2cncc(N)c2)C1. The number of carbonyl (C=O) groups is 1. The molecule has 0 spiro atoms. The summed E-state index contributed by atoms with van der Waals surface area (Å²) in [6.07, 6.45) is 4.16. The van der Waals surface area contributed by atoms with Gasteiger partial charge in [-0.05, 0) is 12.5 Å². The Balaban J connectivity index is 2.11. The molecule has 1 saturated heterocycles. The van der Waals surface area contributed by atoms with Crippen LogP contribution in [0, 0.1) is 5.92 Å². The Bertz CT molecular complexity index is 379. The molecule has 5 heteroatoms. The van der Waals surface area contributed by atoms with E-state index in [0.29, 0.717) is 12.2 Å². The lowest BCUT2D eigenvalue weighted by Crippen LogP contribution is -2.27. The van der Waals surface area contributed by atoms with Crippen LogP contribution in [0.5, 0.6) is 0 Å². The van der Waals surface area contributed by atoms with Crippen molar-refractivity contribution in [2.75, 3.05) is 23.7 Å². The van der Waals surface area contributed by atoms with Crippen LogP contribution in [0.3, 0.4) is 0 Å². The highest BCUT2D eigenvalue weighted by Gasteiger charge is 2.26. The molecule has 1 aromatic heterocycles. The molecule has 1 atom stereocenters. The van der Waals surface area contributed by atoms with Crippen molar-refractivity contribution in [3.05, 3.63) is 18.5 Å². The summed E-state index contributed by atoms with van der Waals surface area (Å²) in [6.45, 7) is 1.50. The van der Waals surface area contributed by atoms with Crippen LogP contribution in [-0.2, 0) is 4.79 Å². The number of carbonyl (C=O) groups excluding carboxylic acids is 1. The lowest BCUT2D eigenvalue weighted by atomic mass is 10.1. The molecule has 0 saturated carbocycles. The lowest BCUT2D eigenvalue weighted by molar-refractivity contribution is -0.121. The van der Waals surface area contributed by atoms with Crippen LogP contribution in [0.25, 0.3) is 0 Å². The minimum Gasteiger partial charge on any atom is -0.397 e. The van der Waals surface area contributed by atoms with Crippen LogP contribution >= 0.6 is 0 Å². The van der Waals surface area contributed by atoms with E-state index in [2.05, 4.69) is 9.88 Å². The minimum absolute atomic E-state index is 0.0496. The molecule has 4 N–H and O–H groups in total. The number of rotatable bonds is 2. The Kier molecular flexibility index (Phi) is 2.45. The van der Waals surface area contributed by atoms with Crippen molar-refractivity contribution in [1.82, 2.24) is 4.98 Å². The summed E-state index contributed by atoms with van der Waals surface area (Å²) >= 11 is 0. The van der Waals surface area contributed by atoms with E-state index in [9.17, 15) is 4.79 Å². The predicted octanol–water partition coefficient (Wildman–Crippen LogP) is -0.0246. The van der Waals surface area contributed by atoms with Gasteiger partial charge in [0.15, 0.2) is 0 Å². The topological polar surface area (TPSA) is 85.2 Å². The number of hydrogen-bond donors (Lipinski definition) is 2. The molecule has 1 unspecified atom stereocenters. The Hall–Kier alpha value is -1.78. The summed E-state index contributed by atoms with van der Waals surface area (Å²) in [5.74, 6) is -0.277. The largest absolute Gasteiger partial charge is 0.397 e. The number of primary amides is 1. The highest BCUT2D eigenvalue weighted by Crippen LogP contribution is 2.23. The third-order valence-electron chi connectivity index (χ3n) is 2.70. The van der Waals surface area contributed by atoms with E-state index in [1.54, 1.807) is 12.4 Å². The first-order valence-electron chi connectivity index (χ1n) is 4.91. The number of amides is 1. The first-order chi connectivity index (χ1) is 7.16. The fourth-order valence-electron chi connectivity index (χ4n) is 1.84. The first-order valence-corrected chi connectivity index (χ1v) is 4.91. The smallest absolute Gasteiger partial charge is 0.222 e. The van der Waals surface area contributed by atoms with E-state index in [4.69, 9.17) is 11.5 Å². The lowest BCUT2D eigenvalue weighted by Gasteiger charge is -2.17. The second-order valence-corrected chi connectivity index (χ2v) is 3.81. The maximum atomic E-state index is 11.0. The van der Waals surface area contributed by atoms with Gasteiger partial charge >= 0.3 is 0 Å². The number of aromatic nitrogens is 1. The van der Waals surface area contributed by atoms with Gasteiger partial charge in [-0.15, -0.1) is 0 Å². The van der Waals surface area contributed by atoms with Crippen molar-refractivity contribution in [2.24, 2.45) is 11.7 Å². The molecular weight excluding hydrogens is 192 g/mol. The van der Waals surface area contributed by atoms with Gasteiger partial charge in [0.25, 0.3) is 0 Å². The third-order valence-corrected chi connectivity index (χ3v) is 2.70. The molecule has 5 nitrogen and oxygen atoms in total. The summed E-state index contributed by atoms with van der Waals surface area (Å²) in [7, 11) is 0. The number of nitrogens with zero attached hydrogens (tertiary/aromatic N) is 2. The van der Waals surface area contributed by atoms with Crippen LogP contribution in [0.1, 0.15) is 6.42 Å². The summed E-state index contributed by atoms with van der Waals surface area (Å²) < 4.78 is 0. The number of nitrogen functional groups attached to an aromatic ring is 1. The molecule has 1 amide bonds. The predicted molar refractivity (Wildman–Crippen MR) is 58.2 cm³/mol. The molecule has 15 heavy (non-hydrogen) atoms. The molecule has 80 valence electrons. The molecule has 1 aliphatic heterocycles. The van der Waals surface area contributed by atoms with Crippen LogP contribution in [0.2, 0.25) is 0 Å². The van der Waals surface area contributed by atoms with Crippen molar-refractivity contribution < 1.29 is 4.79 Å². The Morgan fingerprint density at radius 2 is 2.33 bits per heavy atom. The summed E-state index contributed by atoms with van der Waals surface area (Å²) in [6, 6.07) is 1.86. The van der Waals surface area contributed by atoms with Crippen LogP contribution < -0.4 is 16.4 Å².